The van der Waals surface area contributed by atoms with Crippen molar-refractivity contribution in [1.82, 2.24) is 19.6 Å². The number of hydrogen-bond acceptors (Lipinski definition) is 3. The van der Waals surface area contributed by atoms with Crippen molar-refractivity contribution in [3.05, 3.63) is 47.3 Å². The molecule has 2 N–H and O–H groups in total. The van der Waals surface area contributed by atoms with Crippen LogP contribution in [-0.4, -0.2) is 19.6 Å². The molecule has 0 amide bonds. The first-order valence-electron chi connectivity index (χ1n) is 6.32. The van der Waals surface area contributed by atoms with Gasteiger partial charge >= 0.3 is 0 Å². The number of aromatic nitrogens is 4. The highest BCUT2D eigenvalue weighted by Crippen LogP contribution is 2.27. The van der Waals surface area contributed by atoms with E-state index in [0.29, 0.717) is 5.69 Å². The van der Waals surface area contributed by atoms with Gasteiger partial charge in [0.1, 0.15) is 5.69 Å². The van der Waals surface area contributed by atoms with Gasteiger partial charge in [-0.2, -0.15) is 10.2 Å². The molecule has 0 atom stereocenters. The highest BCUT2D eigenvalue weighted by molar-refractivity contribution is 9.10. The first kappa shape index (κ1) is 12.9. The Bertz CT molecular complexity index is 744. The molecule has 0 fully saturated rings. The maximum atomic E-state index is 6.08. The lowest BCUT2D eigenvalue weighted by Crippen LogP contribution is -1.95. The second-order valence-electron chi connectivity index (χ2n) is 4.41. The van der Waals surface area contributed by atoms with Gasteiger partial charge in [-0.25, -0.2) is 4.68 Å². The van der Waals surface area contributed by atoms with Crippen LogP contribution >= 0.6 is 15.9 Å². The summed E-state index contributed by atoms with van der Waals surface area (Å²) in [4.78, 5) is 0. The minimum atomic E-state index is 0.636. The summed E-state index contributed by atoms with van der Waals surface area (Å²) in [5.74, 6) is 0. The maximum Gasteiger partial charge on any atom is 0.119 e. The Hall–Kier alpha value is -2.08. The van der Waals surface area contributed by atoms with E-state index in [4.69, 9.17) is 5.73 Å². The lowest BCUT2D eigenvalue weighted by Gasteiger charge is -2.02. The molecule has 6 heteroatoms. The summed E-state index contributed by atoms with van der Waals surface area (Å²) < 4.78 is 4.60. The van der Waals surface area contributed by atoms with Crippen LogP contribution in [0.4, 0.5) is 5.69 Å². The van der Waals surface area contributed by atoms with Gasteiger partial charge in [0.25, 0.3) is 0 Å². The predicted molar refractivity (Wildman–Crippen MR) is 82.6 cm³/mol. The first-order valence-corrected chi connectivity index (χ1v) is 7.11. The molecule has 20 heavy (non-hydrogen) atoms. The zero-order valence-corrected chi connectivity index (χ0v) is 12.6. The third-order valence-corrected chi connectivity index (χ3v) is 3.74. The molecule has 0 radical (unpaired) electrons. The topological polar surface area (TPSA) is 61.7 Å². The molecule has 0 aliphatic heterocycles. The van der Waals surface area contributed by atoms with E-state index >= 15 is 0 Å². The second kappa shape index (κ2) is 5.13. The van der Waals surface area contributed by atoms with Gasteiger partial charge in [0.05, 0.1) is 23.8 Å². The Labute approximate surface area is 125 Å². The molecule has 3 aromatic rings. The zero-order valence-electron chi connectivity index (χ0n) is 11.0. The number of anilines is 1. The molecule has 0 spiro atoms. The van der Waals surface area contributed by atoms with Crippen molar-refractivity contribution in [2.75, 3.05) is 5.73 Å². The summed E-state index contributed by atoms with van der Waals surface area (Å²) in [5, 5.41) is 8.82. The molecular weight excluding hydrogens is 318 g/mol. The average molecular weight is 332 g/mol. The standard InChI is InChI=1S/C14H14BrN5/c1-2-19-8-10(7-17-19)14-12(16)9-20(18-14)13-6-4-3-5-11(13)15/h3-9H,2,16H2,1H3. The number of para-hydroxylation sites is 1. The van der Waals surface area contributed by atoms with Gasteiger partial charge in [-0.1, -0.05) is 12.1 Å². The van der Waals surface area contributed by atoms with Crippen molar-refractivity contribution in [3.8, 4) is 16.9 Å². The van der Waals surface area contributed by atoms with Crippen molar-refractivity contribution >= 4 is 21.6 Å². The normalized spacial score (nSPS) is 10.9. The molecule has 2 aromatic heterocycles. The van der Waals surface area contributed by atoms with E-state index in [-0.39, 0.29) is 0 Å². The Morgan fingerprint density at radius 3 is 2.75 bits per heavy atom. The minimum absolute atomic E-state index is 0.636. The summed E-state index contributed by atoms with van der Waals surface area (Å²) in [6.45, 7) is 2.87. The number of aryl methyl sites for hydroxylation is 1. The molecule has 2 heterocycles. The summed E-state index contributed by atoms with van der Waals surface area (Å²) >= 11 is 3.52. The molecule has 0 unspecified atom stereocenters. The SMILES string of the molecule is CCn1cc(-c2nn(-c3ccccc3Br)cc2N)cn1. The minimum Gasteiger partial charge on any atom is -0.396 e. The smallest absolute Gasteiger partial charge is 0.119 e. The molecule has 0 bridgehead atoms. The quantitative estimate of drug-likeness (QED) is 0.802. The monoisotopic (exact) mass is 331 g/mol. The fraction of sp³-hybridized carbons (Fsp3) is 0.143. The second-order valence-corrected chi connectivity index (χ2v) is 5.27. The van der Waals surface area contributed by atoms with E-state index < -0.39 is 0 Å². The summed E-state index contributed by atoms with van der Waals surface area (Å²) in [5.41, 5.74) is 9.34. The fourth-order valence-electron chi connectivity index (χ4n) is 2.03. The van der Waals surface area contributed by atoms with Crippen LogP contribution in [0.5, 0.6) is 0 Å². The number of halogens is 1. The van der Waals surface area contributed by atoms with Crippen LogP contribution < -0.4 is 5.73 Å². The number of benzene rings is 1. The van der Waals surface area contributed by atoms with Crippen molar-refractivity contribution in [2.45, 2.75) is 13.5 Å². The number of nitrogens with zero attached hydrogens (tertiary/aromatic N) is 4. The van der Waals surface area contributed by atoms with Crippen molar-refractivity contribution in [2.24, 2.45) is 0 Å². The molecule has 0 aliphatic carbocycles. The van der Waals surface area contributed by atoms with Crippen LogP contribution in [-0.2, 0) is 6.54 Å². The van der Waals surface area contributed by atoms with Crippen molar-refractivity contribution in [3.63, 3.8) is 0 Å². The van der Waals surface area contributed by atoms with E-state index in [0.717, 1.165) is 28.0 Å². The highest BCUT2D eigenvalue weighted by atomic mass is 79.9. The third kappa shape index (κ3) is 2.22. The van der Waals surface area contributed by atoms with Gasteiger partial charge in [0.15, 0.2) is 0 Å². The molecule has 5 nitrogen and oxygen atoms in total. The first-order chi connectivity index (χ1) is 9.69. The van der Waals surface area contributed by atoms with E-state index in [2.05, 4.69) is 26.1 Å². The lowest BCUT2D eigenvalue weighted by molar-refractivity contribution is 0.660. The van der Waals surface area contributed by atoms with E-state index in [1.165, 1.54) is 0 Å². The van der Waals surface area contributed by atoms with Gasteiger partial charge in [-0.05, 0) is 35.0 Å². The molecule has 0 aliphatic rings. The Morgan fingerprint density at radius 1 is 1.25 bits per heavy atom. The number of rotatable bonds is 3. The molecule has 3 rings (SSSR count). The van der Waals surface area contributed by atoms with Gasteiger partial charge in [-0.3, -0.25) is 4.68 Å². The maximum absolute atomic E-state index is 6.08. The summed E-state index contributed by atoms with van der Waals surface area (Å²) in [6, 6.07) is 7.89. The van der Waals surface area contributed by atoms with Crippen LogP contribution in [0.25, 0.3) is 16.9 Å². The largest absolute Gasteiger partial charge is 0.396 e. The van der Waals surface area contributed by atoms with Crippen LogP contribution in [0.3, 0.4) is 0 Å². The zero-order chi connectivity index (χ0) is 14.1. The van der Waals surface area contributed by atoms with Crippen LogP contribution in [0.2, 0.25) is 0 Å². The van der Waals surface area contributed by atoms with Crippen molar-refractivity contribution in [1.29, 1.82) is 0 Å². The molecule has 0 saturated heterocycles. The van der Waals surface area contributed by atoms with E-state index in [1.54, 1.807) is 10.9 Å². The number of hydrogen-bond donors (Lipinski definition) is 1. The lowest BCUT2D eigenvalue weighted by atomic mass is 10.2. The van der Waals surface area contributed by atoms with Gasteiger partial charge in [0, 0.05) is 22.8 Å². The van der Waals surface area contributed by atoms with Gasteiger partial charge < -0.3 is 5.73 Å². The third-order valence-electron chi connectivity index (χ3n) is 3.07. The van der Waals surface area contributed by atoms with Crippen LogP contribution in [0, 0.1) is 0 Å². The molecular formula is C14H14BrN5. The highest BCUT2D eigenvalue weighted by Gasteiger charge is 2.12. The summed E-state index contributed by atoms with van der Waals surface area (Å²) in [7, 11) is 0. The van der Waals surface area contributed by atoms with Crippen molar-refractivity contribution < 1.29 is 0 Å². The van der Waals surface area contributed by atoms with Crippen LogP contribution in [0.1, 0.15) is 6.92 Å². The fourth-order valence-corrected chi connectivity index (χ4v) is 2.50. The Morgan fingerprint density at radius 2 is 2.05 bits per heavy atom. The number of nitrogen functional groups attached to an aromatic ring is 1. The van der Waals surface area contributed by atoms with Gasteiger partial charge in [0.2, 0.25) is 0 Å². The molecule has 0 saturated carbocycles. The Balaban J connectivity index is 2.05. The average Bonchev–Trinajstić information content (AvgIpc) is 3.05. The molecule has 102 valence electrons. The van der Waals surface area contributed by atoms with Crippen LogP contribution in [0.15, 0.2) is 47.3 Å². The van der Waals surface area contributed by atoms with E-state index in [1.807, 2.05) is 48.3 Å². The summed E-state index contributed by atoms with van der Waals surface area (Å²) in [6.07, 6.45) is 5.55. The molecule has 1 aromatic carbocycles. The Kier molecular flexibility index (Phi) is 3.31. The predicted octanol–water partition coefficient (Wildman–Crippen LogP) is 3.10. The van der Waals surface area contributed by atoms with E-state index in [9.17, 15) is 0 Å². The number of nitrogens with two attached hydrogens (primary N) is 1. The van der Waals surface area contributed by atoms with Gasteiger partial charge in [-0.15, -0.1) is 0 Å².